The summed E-state index contributed by atoms with van der Waals surface area (Å²) in [7, 11) is 1.87. The van der Waals surface area contributed by atoms with Crippen LogP contribution in [-0.4, -0.2) is 36.6 Å². The predicted octanol–water partition coefficient (Wildman–Crippen LogP) is 3.77. The summed E-state index contributed by atoms with van der Waals surface area (Å²) in [5, 5.41) is 12.8. The van der Waals surface area contributed by atoms with Crippen molar-refractivity contribution in [3.05, 3.63) is 64.8 Å². The van der Waals surface area contributed by atoms with Crippen LogP contribution < -0.4 is 5.32 Å². The number of benzene rings is 1. The molecule has 2 aromatic heterocycles. The highest BCUT2D eigenvalue weighted by molar-refractivity contribution is 7.80. The van der Waals surface area contributed by atoms with Gasteiger partial charge in [0.15, 0.2) is 10.9 Å². The second-order valence-electron chi connectivity index (χ2n) is 6.03. The summed E-state index contributed by atoms with van der Waals surface area (Å²) >= 11 is 11.7. The molecule has 0 unspecified atom stereocenters. The summed E-state index contributed by atoms with van der Waals surface area (Å²) in [6.45, 7) is 3.61. The summed E-state index contributed by atoms with van der Waals surface area (Å²) in [5.41, 5.74) is 1.48. The van der Waals surface area contributed by atoms with Gasteiger partial charge in [-0.1, -0.05) is 29.8 Å². The number of aromatic nitrogens is 4. The molecule has 0 fully saturated rings. The molecule has 0 aliphatic carbocycles. The summed E-state index contributed by atoms with van der Waals surface area (Å²) in [5.74, 6) is 0.348. The van der Waals surface area contributed by atoms with Gasteiger partial charge in [0.05, 0.1) is 30.0 Å². The van der Waals surface area contributed by atoms with E-state index in [1.54, 1.807) is 41.3 Å². The van der Waals surface area contributed by atoms with E-state index in [1.807, 2.05) is 23.6 Å². The number of aryl methyl sites for hydroxylation is 1. The van der Waals surface area contributed by atoms with Crippen LogP contribution in [0.1, 0.15) is 18.2 Å². The van der Waals surface area contributed by atoms with Gasteiger partial charge in [-0.2, -0.15) is 10.2 Å². The number of hydrogen-bond donors (Lipinski definition) is 1. The zero-order valence-corrected chi connectivity index (χ0v) is 16.6. The first-order valence-electron chi connectivity index (χ1n) is 8.47. The SMILES string of the molecule is CCn1ncc(Cl)c1CN(C)C(=S)Nc1ccn(Cc2ccccc2F)n1. The first-order chi connectivity index (χ1) is 13.0. The summed E-state index contributed by atoms with van der Waals surface area (Å²) in [4.78, 5) is 1.86. The van der Waals surface area contributed by atoms with Gasteiger partial charge in [-0.15, -0.1) is 0 Å². The Bertz CT molecular complexity index is 938. The van der Waals surface area contributed by atoms with Crippen LogP contribution in [0.15, 0.2) is 42.7 Å². The molecule has 3 aromatic rings. The minimum Gasteiger partial charge on any atom is -0.346 e. The van der Waals surface area contributed by atoms with Gasteiger partial charge in [0.1, 0.15) is 5.82 Å². The van der Waals surface area contributed by atoms with E-state index >= 15 is 0 Å². The maximum atomic E-state index is 13.8. The second-order valence-corrected chi connectivity index (χ2v) is 6.83. The Labute approximate surface area is 167 Å². The van der Waals surface area contributed by atoms with Gasteiger partial charge >= 0.3 is 0 Å². The lowest BCUT2D eigenvalue weighted by Crippen LogP contribution is -2.31. The van der Waals surface area contributed by atoms with E-state index in [1.165, 1.54) is 6.07 Å². The van der Waals surface area contributed by atoms with Crippen LogP contribution in [0.4, 0.5) is 10.2 Å². The Kier molecular flexibility index (Phi) is 6.08. The second kappa shape index (κ2) is 8.49. The first kappa shape index (κ1) is 19.3. The van der Waals surface area contributed by atoms with Crippen molar-refractivity contribution in [2.45, 2.75) is 26.6 Å². The highest BCUT2D eigenvalue weighted by Crippen LogP contribution is 2.17. The van der Waals surface area contributed by atoms with E-state index < -0.39 is 0 Å². The van der Waals surface area contributed by atoms with Crippen molar-refractivity contribution >= 4 is 34.7 Å². The zero-order chi connectivity index (χ0) is 19.4. The van der Waals surface area contributed by atoms with Gasteiger partial charge in [0.2, 0.25) is 0 Å². The molecule has 27 heavy (non-hydrogen) atoms. The van der Waals surface area contributed by atoms with Crippen LogP contribution in [0.3, 0.4) is 0 Å². The molecule has 1 aromatic carbocycles. The van der Waals surface area contributed by atoms with E-state index in [0.29, 0.717) is 34.6 Å². The third kappa shape index (κ3) is 4.64. The number of nitrogens with one attached hydrogen (secondary N) is 1. The largest absolute Gasteiger partial charge is 0.346 e. The number of rotatable bonds is 6. The van der Waals surface area contributed by atoms with Crippen molar-refractivity contribution in [2.24, 2.45) is 0 Å². The summed E-state index contributed by atoms with van der Waals surface area (Å²) in [6.07, 6.45) is 3.41. The molecule has 3 rings (SSSR count). The molecule has 0 radical (unpaired) electrons. The number of nitrogens with zero attached hydrogens (tertiary/aromatic N) is 5. The molecule has 0 aliphatic rings. The van der Waals surface area contributed by atoms with Gasteiger partial charge < -0.3 is 10.2 Å². The molecule has 2 heterocycles. The van der Waals surface area contributed by atoms with Gasteiger partial charge in [0, 0.05) is 31.4 Å². The average molecular weight is 407 g/mol. The molecule has 0 spiro atoms. The monoisotopic (exact) mass is 406 g/mol. The fraction of sp³-hybridized carbons (Fsp3) is 0.278. The van der Waals surface area contributed by atoms with Crippen molar-refractivity contribution in [3.63, 3.8) is 0 Å². The third-order valence-electron chi connectivity index (χ3n) is 4.10. The van der Waals surface area contributed by atoms with Crippen molar-refractivity contribution in [2.75, 3.05) is 12.4 Å². The Morgan fingerprint density at radius 1 is 1.33 bits per heavy atom. The van der Waals surface area contributed by atoms with Crippen LogP contribution in [0.25, 0.3) is 0 Å². The molecule has 0 atom stereocenters. The number of hydrogen-bond acceptors (Lipinski definition) is 3. The van der Waals surface area contributed by atoms with Crippen LogP contribution in [-0.2, 0) is 19.6 Å². The lowest BCUT2D eigenvalue weighted by atomic mass is 10.2. The van der Waals surface area contributed by atoms with E-state index in [9.17, 15) is 4.39 Å². The normalized spacial score (nSPS) is 10.8. The molecule has 0 saturated heterocycles. The van der Waals surface area contributed by atoms with Crippen molar-refractivity contribution in [3.8, 4) is 0 Å². The van der Waals surface area contributed by atoms with Crippen molar-refractivity contribution < 1.29 is 4.39 Å². The molecule has 1 N–H and O–H groups in total. The van der Waals surface area contributed by atoms with Crippen LogP contribution >= 0.6 is 23.8 Å². The molecule has 9 heteroatoms. The van der Waals surface area contributed by atoms with Crippen molar-refractivity contribution in [1.29, 1.82) is 0 Å². The number of halogens is 2. The van der Waals surface area contributed by atoms with E-state index in [0.717, 1.165) is 12.2 Å². The lowest BCUT2D eigenvalue weighted by Gasteiger charge is -2.20. The van der Waals surface area contributed by atoms with E-state index in [2.05, 4.69) is 15.5 Å². The molecule has 0 aliphatic heterocycles. The summed E-state index contributed by atoms with van der Waals surface area (Å²) in [6, 6.07) is 8.44. The van der Waals surface area contributed by atoms with Crippen molar-refractivity contribution in [1.82, 2.24) is 24.5 Å². The molecule has 142 valence electrons. The highest BCUT2D eigenvalue weighted by Gasteiger charge is 2.14. The van der Waals surface area contributed by atoms with Gasteiger partial charge in [-0.25, -0.2) is 4.39 Å². The van der Waals surface area contributed by atoms with Crippen LogP contribution in [0.5, 0.6) is 0 Å². The molecule has 6 nitrogen and oxygen atoms in total. The van der Waals surface area contributed by atoms with Gasteiger partial charge in [0.25, 0.3) is 0 Å². The topological polar surface area (TPSA) is 50.9 Å². The van der Waals surface area contributed by atoms with Gasteiger partial charge in [-0.05, 0) is 25.2 Å². The Morgan fingerprint density at radius 2 is 2.11 bits per heavy atom. The predicted molar refractivity (Wildman–Crippen MR) is 108 cm³/mol. The molecular formula is C18H20ClFN6S. The average Bonchev–Trinajstić information content (AvgIpc) is 3.23. The maximum Gasteiger partial charge on any atom is 0.174 e. The van der Waals surface area contributed by atoms with Crippen LogP contribution in [0.2, 0.25) is 5.02 Å². The quantitative estimate of drug-likeness (QED) is 0.631. The number of anilines is 1. The smallest absolute Gasteiger partial charge is 0.174 e. The van der Waals surface area contributed by atoms with E-state index in [4.69, 9.17) is 23.8 Å². The molecule has 0 amide bonds. The molecule has 0 bridgehead atoms. The Hall–Kier alpha value is -2.45. The van der Waals surface area contributed by atoms with Crippen LogP contribution in [0, 0.1) is 5.82 Å². The van der Waals surface area contributed by atoms with Gasteiger partial charge in [-0.3, -0.25) is 9.36 Å². The third-order valence-corrected chi connectivity index (χ3v) is 4.83. The van der Waals surface area contributed by atoms with E-state index in [-0.39, 0.29) is 5.82 Å². The minimum atomic E-state index is -0.248. The number of thiocarbonyl (C=S) groups is 1. The fourth-order valence-electron chi connectivity index (χ4n) is 2.64. The first-order valence-corrected chi connectivity index (χ1v) is 9.25. The minimum absolute atomic E-state index is 0.248. The zero-order valence-electron chi connectivity index (χ0n) is 15.1. The maximum absolute atomic E-state index is 13.8. The Morgan fingerprint density at radius 3 is 2.85 bits per heavy atom. The fourth-order valence-corrected chi connectivity index (χ4v) is 3.01. The summed E-state index contributed by atoms with van der Waals surface area (Å²) < 4.78 is 17.3. The Balaban J connectivity index is 1.62. The molecular weight excluding hydrogens is 387 g/mol. The highest BCUT2D eigenvalue weighted by atomic mass is 35.5. The standard InChI is InChI=1S/C18H20ClFN6S/c1-3-26-16(14(19)10-21-26)12-24(2)18(27)22-17-8-9-25(23-17)11-13-6-4-5-7-15(13)20/h4-10H,3,11-12H2,1-2H3,(H,22,23,27). The lowest BCUT2D eigenvalue weighted by molar-refractivity contribution is 0.471. The molecule has 0 saturated carbocycles.